The zero-order valence-electron chi connectivity index (χ0n) is 20.9. The average Bonchev–Trinajstić information content (AvgIpc) is 3.60. The number of nitrogens with zero attached hydrogens (tertiary/aromatic N) is 4. The molecule has 0 spiro atoms. The van der Waals surface area contributed by atoms with Crippen LogP contribution in [0.2, 0.25) is 0 Å². The third-order valence-electron chi connectivity index (χ3n) is 5.92. The number of fused-ring (bicyclic) bond motifs is 1. The first-order valence-electron chi connectivity index (χ1n) is 11.9. The third kappa shape index (κ3) is 6.44. The number of nitrogens with one attached hydrogen (secondary N) is 1. The molecule has 0 atom stereocenters. The summed E-state index contributed by atoms with van der Waals surface area (Å²) in [6.45, 7) is 0.167. The molecule has 208 valence electrons. The maximum Gasteiger partial charge on any atom is 0.504 e. The maximum absolute atomic E-state index is 13.3. The van der Waals surface area contributed by atoms with Crippen molar-refractivity contribution in [3.8, 4) is 11.8 Å². The van der Waals surface area contributed by atoms with Crippen LogP contribution in [-0.2, 0) is 28.4 Å². The van der Waals surface area contributed by atoms with Gasteiger partial charge in [-0.15, -0.1) is 13.2 Å². The Bertz CT molecular complexity index is 1920. The van der Waals surface area contributed by atoms with Gasteiger partial charge in [0.05, 0.1) is 16.3 Å². The van der Waals surface area contributed by atoms with Crippen LogP contribution in [0.15, 0.2) is 90.3 Å². The minimum Gasteiger partial charge on any atom is -0.348 e. The first-order chi connectivity index (χ1) is 19.5. The summed E-state index contributed by atoms with van der Waals surface area (Å²) in [6, 6.07) is 13.5. The average molecular weight is 582 g/mol. The molecule has 3 heterocycles. The molecule has 2 aromatic carbocycles. The summed E-state index contributed by atoms with van der Waals surface area (Å²) in [4.78, 5) is 16.9. The van der Waals surface area contributed by atoms with Gasteiger partial charge in [-0.3, -0.25) is 4.79 Å². The Morgan fingerprint density at radius 2 is 1.73 bits per heavy atom. The molecule has 0 aliphatic carbocycles. The fourth-order valence-electron chi connectivity index (χ4n) is 3.91. The van der Waals surface area contributed by atoms with Crippen LogP contribution in [0.5, 0.6) is 0 Å². The van der Waals surface area contributed by atoms with Gasteiger partial charge in [-0.2, -0.15) is 9.78 Å². The van der Waals surface area contributed by atoms with Crippen molar-refractivity contribution >= 4 is 21.4 Å². The largest absolute Gasteiger partial charge is 0.504 e. The van der Waals surface area contributed by atoms with E-state index in [1.807, 2.05) is 10.5 Å². The molecule has 41 heavy (non-hydrogen) atoms. The molecule has 3 aromatic heterocycles. The summed E-state index contributed by atoms with van der Waals surface area (Å²) in [5.74, 6) is 3.62. The number of rotatable bonds is 6. The molecule has 0 aliphatic rings. The van der Waals surface area contributed by atoms with Crippen LogP contribution in [0, 0.1) is 17.7 Å². The Hall–Kier alpha value is -4.96. The number of carbonyl (C=O) groups excluding carboxylic acids is 1. The quantitative estimate of drug-likeness (QED) is 0.236. The lowest BCUT2D eigenvalue weighted by Gasteiger charge is -2.10. The van der Waals surface area contributed by atoms with Crippen LogP contribution < -0.4 is 5.32 Å². The van der Waals surface area contributed by atoms with Gasteiger partial charge in [0.2, 0.25) is 0 Å². The van der Waals surface area contributed by atoms with E-state index in [0.29, 0.717) is 17.4 Å². The van der Waals surface area contributed by atoms with Gasteiger partial charge in [0, 0.05) is 48.0 Å². The molecule has 0 fully saturated rings. The molecular weight excluding hydrogens is 562 g/mol. The number of carbonyl (C=O) groups is 1. The first kappa shape index (κ1) is 27.6. The summed E-state index contributed by atoms with van der Waals surface area (Å²) < 4.78 is 80.1. The van der Waals surface area contributed by atoms with Gasteiger partial charge in [0.1, 0.15) is 11.5 Å². The molecule has 0 radical (unpaired) electrons. The van der Waals surface area contributed by atoms with Gasteiger partial charge in [-0.05, 0) is 66.2 Å². The normalized spacial score (nSPS) is 11.7. The van der Waals surface area contributed by atoms with E-state index < -0.39 is 33.6 Å². The number of hydrogen-bond acceptors (Lipinski definition) is 5. The second-order valence-electron chi connectivity index (χ2n) is 8.86. The van der Waals surface area contributed by atoms with Crippen LogP contribution in [0.1, 0.15) is 32.7 Å². The smallest absolute Gasteiger partial charge is 0.348 e. The zero-order valence-corrected chi connectivity index (χ0v) is 21.7. The van der Waals surface area contributed by atoms with Gasteiger partial charge in [-0.1, -0.05) is 11.8 Å². The second kappa shape index (κ2) is 10.9. The summed E-state index contributed by atoms with van der Waals surface area (Å²) in [7, 11) is -4.25. The number of hydrogen-bond donors (Lipinski definition) is 1. The molecule has 0 bridgehead atoms. The standard InChI is InChI=1S/C28H19F4N5O3S/c29-23-6-2-19(3-7-23)1-4-21-16-22(27(38)34-17-20-9-12-36-14-11-33-26(36)15-20)5-8-25(21)41(39,40)18-24-10-13-37(35-24)28(30,31)32/h2-3,5-16H,17-18H2,(H,34,38). The number of sulfone groups is 1. The number of pyridine rings is 1. The van der Waals surface area contributed by atoms with Crippen LogP contribution in [0.3, 0.4) is 0 Å². The highest BCUT2D eigenvalue weighted by Crippen LogP contribution is 2.24. The lowest BCUT2D eigenvalue weighted by molar-refractivity contribution is -0.212. The first-order valence-corrected chi connectivity index (χ1v) is 13.6. The number of aromatic nitrogens is 4. The van der Waals surface area contributed by atoms with Crippen molar-refractivity contribution in [1.82, 2.24) is 24.5 Å². The molecular formula is C28H19F4N5O3S. The van der Waals surface area contributed by atoms with Crippen molar-refractivity contribution in [2.24, 2.45) is 0 Å². The van der Waals surface area contributed by atoms with E-state index in [9.17, 15) is 30.8 Å². The molecule has 8 nitrogen and oxygen atoms in total. The number of benzene rings is 2. The van der Waals surface area contributed by atoms with Crippen molar-refractivity contribution in [1.29, 1.82) is 0 Å². The fourth-order valence-corrected chi connectivity index (χ4v) is 5.33. The van der Waals surface area contributed by atoms with Crippen molar-refractivity contribution in [3.05, 3.63) is 119 Å². The molecule has 1 N–H and O–H groups in total. The summed E-state index contributed by atoms with van der Waals surface area (Å²) >= 11 is 0. The minimum absolute atomic E-state index is 0.0592. The number of amides is 1. The van der Waals surface area contributed by atoms with Gasteiger partial charge in [-0.25, -0.2) is 17.8 Å². The highest BCUT2D eigenvalue weighted by molar-refractivity contribution is 7.90. The second-order valence-corrected chi connectivity index (χ2v) is 10.8. The van der Waals surface area contributed by atoms with E-state index in [1.165, 1.54) is 42.5 Å². The predicted molar refractivity (Wildman–Crippen MR) is 140 cm³/mol. The molecule has 0 saturated carbocycles. The molecule has 0 unspecified atom stereocenters. The molecule has 13 heteroatoms. The molecule has 0 saturated heterocycles. The van der Waals surface area contributed by atoms with E-state index in [2.05, 4.69) is 27.2 Å². The van der Waals surface area contributed by atoms with Crippen LogP contribution in [0.4, 0.5) is 17.6 Å². The molecule has 5 rings (SSSR count). The van der Waals surface area contributed by atoms with Gasteiger partial charge < -0.3 is 9.72 Å². The Morgan fingerprint density at radius 3 is 2.46 bits per heavy atom. The van der Waals surface area contributed by atoms with Gasteiger partial charge >= 0.3 is 6.30 Å². The molecule has 0 aliphatic heterocycles. The Morgan fingerprint density at radius 1 is 0.951 bits per heavy atom. The lowest BCUT2D eigenvalue weighted by Crippen LogP contribution is -2.23. The Balaban J connectivity index is 1.44. The SMILES string of the molecule is O=C(NCc1ccn2ccnc2c1)c1ccc(S(=O)(=O)Cc2ccn(C(F)(F)F)n2)c(C#Cc2ccc(F)cc2)c1. The number of halogens is 4. The van der Waals surface area contributed by atoms with Crippen LogP contribution in [0.25, 0.3) is 5.65 Å². The highest BCUT2D eigenvalue weighted by atomic mass is 32.2. The van der Waals surface area contributed by atoms with E-state index in [1.54, 1.807) is 24.7 Å². The Kier molecular flexibility index (Phi) is 7.34. The van der Waals surface area contributed by atoms with Gasteiger partial charge in [0.15, 0.2) is 9.84 Å². The fraction of sp³-hybridized carbons (Fsp3) is 0.107. The summed E-state index contributed by atoms with van der Waals surface area (Å²) in [5, 5.41) is 6.07. The van der Waals surface area contributed by atoms with Gasteiger partial charge in [0.25, 0.3) is 5.91 Å². The predicted octanol–water partition coefficient (Wildman–Crippen LogP) is 4.45. The van der Waals surface area contributed by atoms with Crippen molar-refractivity contribution in [3.63, 3.8) is 0 Å². The monoisotopic (exact) mass is 581 g/mol. The van der Waals surface area contributed by atoms with E-state index in [-0.39, 0.29) is 32.9 Å². The maximum atomic E-state index is 13.3. The molecule has 5 aromatic rings. The van der Waals surface area contributed by atoms with Crippen LogP contribution >= 0.6 is 0 Å². The highest BCUT2D eigenvalue weighted by Gasteiger charge is 2.32. The third-order valence-corrected chi connectivity index (χ3v) is 7.62. The van der Waals surface area contributed by atoms with Crippen molar-refractivity contribution in [2.75, 3.05) is 0 Å². The van der Waals surface area contributed by atoms with E-state index in [0.717, 1.165) is 11.6 Å². The number of imidazole rings is 1. The zero-order chi connectivity index (χ0) is 29.2. The van der Waals surface area contributed by atoms with Crippen molar-refractivity contribution < 1.29 is 30.8 Å². The Labute approximate surface area is 231 Å². The van der Waals surface area contributed by atoms with Crippen LogP contribution in [-0.4, -0.2) is 33.5 Å². The molecule has 1 amide bonds. The lowest BCUT2D eigenvalue weighted by atomic mass is 10.1. The minimum atomic E-state index is -4.80. The van der Waals surface area contributed by atoms with Crippen molar-refractivity contribution in [2.45, 2.75) is 23.5 Å². The summed E-state index contributed by atoms with van der Waals surface area (Å²) in [6.07, 6.45) is 1.04. The van der Waals surface area contributed by atoms with E-state index in [4.69, 9.17) is 0 Å². The summed E-state index contributed by atoms with van der Waals surface area (Å²) in [5.41, 5.74) is 1.58. The van der Waals surface area contributed by atoms with E-state index >= 15 is 0 Å². The topological polar surface area (TPSA) is 98.4 Å². The number of alkyl halides is 3.